The van der Waals surface area contributed by atoms with E-state index in [1.54, 1.807) is 0 Å². The fraction of sp³-hybridized carbons (Fsp3) is 0.571. The van der Waals surface area contributed by atoms with Gasteiger partial charge in [0.05, 0.1) is 0 Å². The Balaban J connectivity index is 1.74. The van der Waals surface area contributed by atoms with Crippen LogP contribution in [0.3, 0.4) is 0 Å². The maximum atomic E-state index is 3.66. The molecule has 1 nitrogen and oxygen atoms in total. The van der Waals surface area contributed by atoms with Crippen molar-refractivity contribution in [3.8, 4) is 0 Å². The molecule has 15 heavy (non-hydrogen) atoms. The Morgan fingerprint density at radius 1 is 1.07 bits per heavy atom. The highest BCUT2D eigenvalue weighted by Crippen LogP contribution is 2.23. The molecule has 0 aromatic heterocycles. The molecule has 0 amide bonds. The van der Waals surface area contributed by atoms with E-state index in [2.05, 4.69) is 42.6 Å². The van der Waals surface area contributed by atoms with Crippen LogP contribution in [-0.4, -0.2) is 6.04 Å². The van der Waals surface area contributed by atoms with Crippen LogP contribution in [0.1, 0.15) is 38.2 Å². The SMILES string of the molecule is C[C@H]1CC[C@@H](NCc2ccccc2)CC1. The van der Waals surface area contributed by atoms with Crippen molar-refractivity contribution in [2.45, 2.75) is 45.2 Å². The molecule has 82 valence electrons. The topological polar surface area (TPSA) is 12.0 Å². The molecule has 0 saturated heterocycles. The normalized spacial score (nSPS) is 26.5. The molecule has 0 aliphatic heterocycles. The van der Waals surface area contributed by atoms with Gasteiger partial charge in [-0.15, -0.1) is 0 Å². The fourth-order valence-electron chi connectivity index (χ4n) is 2.32. The molecule has 0 atom stereocenters. The summed E-state index contributed by atoms with van der Waals surface area (Å²) >= 11 is 0. The molecule has 1 aliphatic rings. The number of hydrogen-bond acceptors (Lipinski definition) is 1. The minimum absolute atomic E-state index is 0.751. The molecule has 0 bridgehead atoms. The minimum atomic E-state index is 0.751. The van der Waals surface area contributed by atoms with Crippen LogP contribution in [0.5, 0.6) is 0 Å². The number of nitrogens with one attached hydrogen (secondary N) is 1. The van der Waals surface area contributed by atoms with Gasteiger partial charge < -0.3 is 5.32 Å². The third kappa shape index (κ3) is 3.35. The van der Waals surface area contributed by atoms with Gasteiger partial charge in [-0.05, 0) is 37.2 Å². The summed E-state index contributed by atoms with van der Waals surface area (Å²) in [6.45, 7) is 3.40. The second-order valence-electron chi connectivity index (χ2n) is 4.82. The summed E-state index contributed by atoms with van der Waals surface area (Å²) in [7, 11) is 0. The van der Waals surface area contributed by atoms with E-state index in [-0.39, 0.29) is 0 Å². The van der Waals surface area contributed by atoms with Crippen molar-refractivity contribution >= 4 is 0 Å². The van der Waals surface area contributed by atoms with Crippen molar-refractivity contribution in [3.05, 3.63) is 35.9 Å². The Labute approximate surface area is 92.9 Å². The molecule has 0 spiro atoms. The smallest absolute Gasteiger partial charge is 0.0208 e. The summed E-state index contributed by atoms with van der Waals surface area (Å²) in [6.07, 6.45) is 5.50. The van der Waals surface area contributed by atoms with Crippen LogP contribution in [0.2, 0.25) is 0 Å². The third-order valence-corrected chi connectivity index (χ3v) is 3.45. The van der Waals surface area contributed by atoms with E-state index in [4.69, 9.17) is 0 Å². The molecule has 2 rings (SSSR count). The molecule has 1 aliphatic carbocycles. The predicted molar refractivity (Wildman–Crippen MR) is 64.7 cm³/mol. The van der Waals surface area contributed by atoms with E-state index in [0.29, 0.717) is 0 Å². The van der Waals surface area contributed by atoms with Crippen LogP contribution in [0.25, 0.3) is 0 Å². The molecule has 1 aromatic rings. The first-order valence-electron chi connectivity index (χ1n) is 6.12. The monoisotopic (exact) mass is 203 g/mol. The molecule has 1 saturated carbocycles. The molecule has 1 N–H and O–H groups in total. The summed E-state index contributed by atoms with van der Waals surface area (Å²) in [6, 6.07) is 11.4. The summed E-state index contributed by atoms with van der Waals surface area (Å²) < 4.78 is 0. The van der Waals surface area contributed by atoms with Crippen LogP contribution < -0.4 is 5.32 Å². The van der Waals surface area contributed by atoms with Gasteiger partial charge in [-0.1, -0.05) is 37.3 Å². The van der Waals surface area contributed by atoms with Crippen LogP contribution >= 0.6 is 0 Å². The molecule has 0 unspecified atom stereocenters. The minimum Gasteiger partial charge on any atom is -0.310 e. The van der Waals surface area contributed by atoms with Crippen molar-refractivity contribution in [1.82, 2.24) is 5.32 Å². The van der Waals surface area contributed by atoms with Crippen molar-refractivity contribution in [2.75, 3.05) is 0 Å². The Hall–Kier alpha value is -0.820. The van der Waals surface area contributed by atoms with Gasteiger partial charge in [0.15, 0.2) is 0 Å². The Morgan fingerprint density at radius 3 is 2.40 bits per heavy atom. The molecule has 1 heteroatoms. The molecule has 1 fully saturated rings. The summed E-state index contributed by atoms with van der Waals surface area (Å²) in [4.78, 5) is 0. The van der Waals surface area contributed by atoms with Gasteiger partial charge in [0.25, 0.3) is 0 Å². The molecular formula is C14H21N. The van der Waals surface area contributed by atoms with Crippen LogP contribution in [0.15, 0.2) is 30.3 Å². The lowest BCUT2D eigenvalue weighted by Gasteiger charge is -2.27. The van der Waals surface area contributed by atoms with Gasteiger partial charge in [0, 0.05) is 12.6 Å². The predicted octanol–water partition coefficient (Wildman–Crippen LogP) is 3.35. The maximum absolute atomic E-state index is 3.66. The first-order chi connectivity index (χ1) is 7.34. The van der Waals surface area contributed by atoms with Gasteiger partial charge in [-0.25, -0.2) is 0 Å². The number of rotatable bonds is 3. The first-order valence-corrected chi connectivity index (χ1v) is 6.12. The number of benzene rings is 1. The van der Waals surface area contributed by atoms with Gasteiger partial charge in [-0.2, -0.15) is 0 Å². The van der Waals surface area contributed by atoms with Crippen molar-refractivity contribution in [1.29, 1.82) is 0 Å². The lowest BCUT2D eigenvalue weighted by molar-refractivity contribution is 0.306. The van der Waals surface area contributed by atoms with Gasteiger partial charge in [0.1, 0.15) is 0 Å². The Bertz CT molecular complexity index is 273. The zero-order valence-electron chi connectivity index (χ0n) is 9.58. The van der Waals surface area contributed by atoms with Crippen molar-refractivity contribution in [2.24, 2.45) is 5.92 Å². The summed E-state index contributed by atoms with van der Waals surface area (Å²) in [5.41, 5.74) is 1.40. The van der Waals surface area contributed by atoms with Crippen LogP contribution in [-0.2, 0) is 6.54 Å². The molecule has 0 radical (unpaired) electrons. The standard InChI is InChI=1S/C14H21N/c1-12-7-9-14(10-8-12)15-11-13-5-3-2-4-6-13/h2-6,12,14-15H,7-11H2,1H3/t12-,14+. The van der Waals surface area contributed by atoms with Crippen molar-refractivity contribution in [3.63, 3.8) is 0 Å². The maximum Gasteiger partial charge on any atom is 0.0208 e. The highest BCUT2D eigenvalue weighted by molar-refractivity contribution is 5.14. The van der Waals surface area contributed by atoms with Crippen LogP contribution in [0.4, 0.5) is 0 Å². The highest BCUT2D eigenvalue weighted by Gasteiger charge is 2.17. The zero-order chi connectivity index (χ0) is 10.5. The zero-order valence-corrected chi connectivity index (χ0v) is 9.58. The van der Waals surface area contributed by atoms with Crippen molar-refractivity contribution < 1.29 is 0 Å². The average Bonchev–Trinajstić information content (AvgIpc) is 2.30. The molecular weight excluding hydrogens is 182 g/mol. The van der Waals surface area contributed by atoms with E-state index in [1.165, 1.54) is 31.2 Å². The lowest BCUT2D eigenvalue weighted by atomic mass is 9.87. The van der Waals surface area contributed by atoms with E-state index in [0.717, 1.165) is 18.5 Å². The van der Waals surface area contributed by atoms with Gasteiger partial charge in [-0.3, -0.25) is 0 Å². The first kappa shape index (κ1) is 10.7. The number of hydrogen-bond donors (Lipinski definition) is 1. The Morgan fingerprint density at radius 2 is 1.73 bits per heavy atom. The van der Waals surface area contributed by atoms with E-state index >= 15 is 0 Å². The Kier molecular flexibility index (Phi) is 3.79. The third-order valence-electron chi connectivity index (χ3n) is 3.45. The second kappa shape index (κ2) is 5.32. The summed E-state index contributed by atoms with van der Waals surface area (Å²) in [5.74, 6) is 0.944. The lowest BCUT2D eigenvalue weighted by Crippen LogP contribution is -2.32. The van der Waals surface area contributed by atoms with Gasteiger partial charge in [0.2, 0.25) is 0 Å². The van der Waals surface area contributed by atoms with E-state index < -0.39 is 0 Å². The van der Waals surface area contributed by atoms with Gasteiger partial charge >= 0.3 is 0 Å². The molecule has 1 aromatic carbocycles. The van der Waals surface area contributed by atoms with E-state index in [9.17, 15) is 0 Å². The quantitative estimate of drug-likeness (QED) is 0.794. The van der Waals surface area contributed by atoms with E-state index in [1.807, 2.05) is 0 Å². The van der Waals surface area contributed by atoms with Crippen LogP contribution in [0, 0.1) is 5.92 Å². The largest absolute Gasteiger partial charge is 0.310 e. The molecule has 0 heterocycles. The second-order valence-corrected chi connectivity index (χ2v) is 4.82. The fourth-order valence-corrected chi connectivity index (χ4v) is 2.32. The highest BCUT2D eigenvalue weighted by atomic mass is 14.9. The summed E-state index contributed by atoms with van der Waals surface area (Å²) in [5, 5.41) is 3.66. The average molecular weight is 203 g/mol.